The van der Waals surface area contributed by atoms with Gasteiger partial charge in [0.15, 0.2) is 0 Å². The van der Waals surface area contributed by atoms with Crippen molar-refractivity contribution in [2.24, 2.45) is 11.3 Å². The first-order valence-corrected chi connectivity index (χ1v) is 9.44. The van der Waals surface area contributed by atoms with Crippen LogP contribution in [0.1, 0.15) is 90.9 Å². The summed E-state index contributed by atoms with van der Waals surface area (Å²) >= 11 is 3.81. The predicted molar refractivity (Wildman–Crippen MR) is 86.5 cm³/mol. The van der Waals surface area contributed by atoms with Crippen molar-refractivity contribution in [3.05, 3.63) is 0 Å². The van der Waals surface area contributed by atoms with Gasteiger partial charge in [0.05, 0.1) is 0 Å². The highest BCUT2D eigenvalue weighted by Gasteiger charge is 2.33. The van der Waals surface area contributed by atoms with E-state index in [2.05, 4.69) is 29.8 Å². The van der Waals surface area contributed by atoms with Crippen molar-refractivity contribution in [3.8, 4) is 0 Å². The summed E-state index contributed by atoms with van der Waals surface area (Å²) in [7, 11) is 0. The molecule has 0 heterocycles. The van der Waals surface area contributed by atoms with Gasteiger partial charge in [0, 0.05) is 5.33 Å². The molecule has 108 valence electrons. The summed E-state index contributed by atoms with van der Waals surface area (Å²) in [5.41, 5.74) is 0.663. The van der Waals surface area contributed by atoms with Crippen LogP contribution in [-0.4, -0.2) is 5.33 Å². The molecule has 1 rings (SSSR count). The van der Waals surface area contributed by atoms with Gasteiger partial charge in [-0.25, -0.2) is 0 Å². The lowest BCUT2D eigenvalue weighted by Gasteiger charge is -2.39. The number of hydrogen-bond acceptors (Lipinski definition) is 0. The van der Waals surface area contributed by atoms with Crippen LogP contribution in [0.5, 0.6) is 0 Å². The van der Waals surface area contributed by atoms with E-state index >= 15 is 0 Å². The molecule has 1 saturated carbocycles. The van der Waals surface area contributed by atoms with Crippen LogP contribution in [0.15, 0.2) is 0 Å². The molecule has 0 aromatic carbocycles. The topological polar surface area (TPSA) is 0 Å². The van der Waals surface area contributed by atoms with Gasteiger partial charge in [-0.3, -0.25) is 0 Å². The van der Waals surface area contributed by atoms with E-state index in [4.69, 9.17) is 0 Å². The lowest BCUT2D eigenvalue weighted by Crippen LogP contribution is -2.29. The second-order valence-electron chi connectivity index (χ2n) is 6.53. The monoisotopic (exact) mass is 316 g/mol. The standard InChI is InChI=1S/C17H33Br/c1-3-5-7-8-12-17(15-18)13-10-16(11-14-17)9-6-4-2/h16H,3-15H2,1-2H3. The van der Waals surface area contributed by atoms with Crippen LogP contribution in [0.3, 0.4) is 0 Å². The lowest BCUT2D eigenvalue weighted by molar-refractivity contribution is 0.153. The number of rotatable bonds is 9. The van der Waals surface area contributed by atoms with Crippen molar-refractivity contribution in [3.63, 3.8) is 0 Å². The predicted octanol–water partition coefficient (Wildman–Crippen LogP) is 6.72. The first kappa shape index (κ1) is 16.5. The van der Waals surface area contributed by atoms with E-state index in [1.54, 1.807) is 0 Å². The maximum Gasteiger partial charge on any atom is 0.00879 e. The minimum absolute atomic E-state index is 0.663. The minimum Gasteiger partial charge on any atom is -0.0922 e. The van der Waals surface area contributed by atoms with Gasteiger partial charge in [-0.05, 0) is 43.4 Å². The summed E-state index contributed by atoms with van der Waals surface area (Å²) in [6.07, 6.45) is 17.4. The largest absolute Gasteiger partial charge is 0.0922 e. The molecule has 1 aliphatic carbocycles. The Kier molecular flexibility index (Phi) is 8.63. The molecule has 0 radical (unpaired) electrons. The normalized spacial score (nSPS) is 28.5. The van der Waals surface area contributed by atoms with Gasteiger partial charge in [-0.1, -0.05) is 74.7 Å². The third-order valence-electron chi connectivity index (χ3n) is 4.98. The van der Waals surface area contributed by atoms with Gasteiger partial charge >= 0.3 is 0 Å². The quantitative estimate of drug-likeness (QED) is 0.327. The third kappa shape index (κ3) is 5.63. The fraction of sp³-hybridized carbons (Fsp3) is 1.00. The van der Waals surface area contributed by atoms with Crippen LogP contribution in [-0.2, 0) is 0 Å². The van der Waals surface area contributed by atoms with Crippen molar-refractivity contribution in [1.29, 1.82) is 0 Å². The molecular formula is C17H33Br. The number of hydrogen-bond donors (Lipinski definition) is 0. The van der Waals surface area contributed by atoms with Crippen LogP contribution in [0.25, 0.3) is 0 Å². The molecule has 0 spiro atoms. The number of halogens is 1. The number of unbranched alkanes of at least 4 members (excludes halogenated alkanes) is 4. The average Bonchev–Trinajstić information content (AvgIpc) is 2.43. The summed E-state index contributed by atoms with van der Waals surface area (Å²) in [6.45, 7) is 4.62. The molecule has 1 fully saturated rings. The average molecular weight is 317 g/mol. The molecule has 0 aliphatic heterocycles. The van der Waals surface area contributed by atoms with Crippen LogP contribution in [0.4, 0.5) is 0 Å². The number of alkyl halides is 1. The second-order valence-corrected chi connectivity index (χ2v) is 7.09. The van der Waals surface area contributed by atoms with Crippen molar-refractivity contribution < 1.29 is 0 Å². The Morgan fingerprint density at radius 3 is 2.17 bits per heavy atom. The van der Waals surface area contributed by atoms with Crippen molar-refractivity contribution in [2.75, 3.05) is 5.33 Å². The first-order valence-electron chi connectivity index (χ1n) is 8.32. The van der Waals surface area contributed by atoms with Crippen molar-refractivity contribution >= 4 is 15.9 Å². The van der Waals surface area contributed by atoms with Gasteiger partial charge < -0.3 is 0 Å². The Labute approximate surface area is 123 Å². The van der Waals surface area contributed by atoms with Gasteiger partial charge in [-0.2, -0.15) is 0 Å². The van der Waals surface area contributed by atoms with E-state index in [9.17, 15) is 0 Å². The Balaban J connectivity index is 2.26. The lowest BCUT2D eigenvalue weighted by atomic mass is 9.68. The fourth-order valence-electron chi connectivity index (χ4n) is 3.45. The second kappa shape index (κ2) is 9.39. The zero-order chi connectivity index (χ0) is 13.3. The molecular weight excluding hydrogens is 284 g/mol. The Bertz CT molecular complexity index is 192. The maximum absolute atomic E-state index is 3.81. The van der Waals surface area contributed by atoms with Gasteiger partial charge in [-0.15, -0.1) is 0 Å². The molecule has 0 atom stereocenters. The molecule has 0 unspecified atom stereocenters. The molecule has 0 N–H and O–H groups in total. The minimum atomic E-state index is 0.663. The van der Waals surface area contributed by atoms with E-state index in [1.165, 1.54) is 82.4 Å². The highest BCUT2D eigenvalue weighted by atomic mass is 79.9. The smallest absolute Gasteiger partial charge is 0.00879 e. The van der Waals surface area contributed by atoms with E-state index in [0.29, 0.717) is 5.41 Å². The van der Waals surface area contributed by atoms with Crippen LogP contribution < -0.4 is 0 Å². The van der Waals surface area contributed by atoms with Crippen molar-refractivity contribution in [1.82, 2.24) is 0 Å². The van der Waals surface area contributed by atoms with E-state index in [1.807, 2.05) is 0 Å². The van der Waals surface area contributed by atoms with Gasteiger partial charge in [0.25, 0.3) is 0 Å². The summed E-state index contributed by atoms with van der Waals surface area (Å²) in [6, 6.07) is 0. The van der Waals surface area contributed by atoms with Gasteiger partial charge in [0.2, 0.25) is 0 Å². The summed E-state index contributed by atoms with van der Waals surface area (Å²) in [5, 5.41) is 1.24. The Hall–Kier alpha value is 0.480. The molecule has 0 bridgehead atoms. The third-order valence-corrected chi connectivity index (χ3v) is 6.17. The molecule has 0 nitrogen and oxygen atoms in total. The highest BCUT2D eigenvalue weighted by molar-refractivity contribution is 9.09. The summed E-state index contributed by atoms with van der Waals surface area (Å²) in [5.74, 6) is 1.05. The summed E-state index contributed by atoms with van der Waals surface area (Å²) in [4.78, 5) is 0. The molecule has 0 aromatic heterocycles. The van der Waals surface area contributed by atoms with Crippen LogP contribution in [0.2, 0.25) is 0 Å². The fourth-order valence-corrected chi connectivity index (χ4v) is 4.29. The molecule has 1 aliphatic rings. The van der Waals surface area contributed by atoms with E-state index in [-0.39, 0.29) is 0 Å². The molecule has 0 aromatic rings. The molecule has 0 saturated heterocycles. The maximum atomic E-state index is 3.81. The molecule has 0 amide bonds. The van der Waals surface area contributed by atoms with E-state index < -0.39 is 0 Å². The van der Waals surface area contributed by atoms with E-state index in [0.717, 1.165) is 5.92 Å². The van der Waals surface area contributed by atoms with Gasteiger partial charge in [0.1, 0.15) is 0 Å². The Morgan fingerprint density at radius 1 is 0.944 bits per heavy atom. The first-order chi connectivity index (χ1) is 8.76. The molecule has 1 heteroatoms. The Morgan fingerprint density at radius 2 is 1.61 bits per heavy atom. The summed E-state index contributed by atoms with van der Waals surface area (Å²) < 4.78 is 0. The zero-order valence-corrected chi connectivity index (χ0v) is 14.2. The van der Waals surface area contributed by atoms with Crippen LogP contribution in [0, 0.1) is 11.3 Å². The van der Waals surface area contributed by atoms with Crippen LogP contribution >= 0.6 is 15.9 Å². The highest BCUT2D eigenvalue weighted by Crippen LogP contribution is 2.45. The SMILES string of the molecule is CCCCCCC1(CBr)CCC(CCCC)CC1. The molecule has 18 heavy (non-hydrogen) atoms. The van der Waals surface area contributed by atoms with Crippen molar-refractivity contribution in [2.45, 2.75) is 90.9 Å². The zero-order valence-electron chi connectivity index (χ0n) is 12.6.